The molecule has 4 rings (SSSR count). The number of nitrogens with zero attached hydrogens (tertiary/aromatic N) is 3. The van der Waals surface area contributed by atoms with Crippen LogP contribution in [-0.4, -0.2) is 46.7 Å². The van der Waals surface area contributed by atoms with Gasteiger partial charge in [0, 0.05) is 50.7 Å². The summed E-state index contributed by atoms with van der Waals surface area (Å²) < 4.78 is 21.3. The van der Waals surface area contributed by atoms with Gasteiger partial charge < -0.3 is 14.2 Å². The molecule has 1 unspecified atom stereocenters. The van der Waals surface area contributed by atoms with Gasteiger partial charge in [0.25, 0.3) is 0 Å². The van der Waals surface area contributed by atoms with Crippen LogP contribution in [0, 0.1) is 18.7 Å². The van der Waals surface area contributed by atoms with Crippen molar-refractivity contribution in [2.45, 2.75) is 51.5 Å². The Morgan fingerprint density at radius 2 is 2.10 bits per heavy atom. The summed E-state index contributed by atoms with van der Waals surface area (Å²) >= 11 is 0. The lowest BCUT2D eigenvalue weighted by molar-refractivity contribution is -0.132. The molecular formula is C23H30FN3O2. The molecule has 0 N–H and O–H groups in total. The number of carbonyl (C=O) groups excluding carboxylic acids is 1. The maximum atomic E-state index is 13.4. The van der Waals surface area contributed by atoms with Crippen LogP contribution in [0.25, 0.3) is 0 Å². The number of benzene rings is 1. The first-order chi connectivity index (χ1) is 14.1. The monoisotopic (exact) mass is 399 g/mol. The molecule has 2 aromatic rings. The second-order valence-corrected chi connectivity index (χ2v) is 8.41. The van der Waals surface area contributed by atoms with E-state index in [-0.39, 0.29) is 18.1 Å². The molecule has 0 saturated carbocycles. The maximum Gasteiger partial charge on any atom is 0.227 e. The Bertz CT molecular complexity index is 844. The van der Waals surface area contributed by atoms with Gasteiger partial charge in [0.1, 0.15) is 11.6 Å². The van der Waals surface area contributed by atoms with Crippen LogP contribution in [0.2, 0.25) is 0 Å². The zero-order valence-corrected chi connectivity index (χ0v) is 17.1. The number of halogens is 1. The van der Waals surface area contributed by atoms with Crippen LogP contribution in [0.1, 0.15) is 48.7 Å². The third-order valence-corrected chi connectivity index (χ3v) is 6.23. The molecule has 2 fully saturated rings. The van der Waals surface area contributed by atoms with E-state index in [0.717, 1.165) is 64.1 Å². The fourth-order valence-electron chi connectivity index (χ4n) is 4.63. The Morgan fingerprint density at radius 1 is 1.28 bits per heavy atom. The minimum absolute atomic E-state index is 0.0901. The maximum absolute atomic E-state index is 13.4. The number of aromatic nitrogens is 2. The van der Waals surface area contributed by atoms with Gasteiger partial charge in [-0.25, -0.2) is 9.37 Å². The summed E-state index contributed by atoms with van der Waals surface area (Å²) in [5, 5.41) is 0. The Balaban J connectivity index is 1.40. The van der Waals surface area contributed by atoms with E-state index in [9.17, 15) is 9.18 Å². The molecule has 156 valence electrons. The smallest absolute Gasteiger partial charge is 0.227 e. The minimum atomic E-state index is -0.289. The number of carbonyl (C=O) groups is 1. The van der Waals surface area contributed by atoms with Gasteiger partial charge >= 0.3 is 0 Å². The van der Waals surface area contributed by atoms with Crippen molar-refractivity contribution in [2.24, 2.45) is 5.92 Å². The van der Waals surface area contributed by atoms with E-state index in [1.165, 1.54) is 23.7 Å². The number of ether oxygens (including phenoxy) is 1. The highest BCUT2D eigenvalue weighted by Gasteiger charge is 2.27. The van der Waals surface area contributed by atoms with Crippen LogP contribution in [0.4, 0.5) is 4.39 Å². The number of hydrogen-bond donors (Lipinski definition) is 0. The number of hydrogen-bond acceptors (Lipinski definition) is 3. The molecule has 6 heteroatoms. The first-order valence-corrected chi connectivity index (χ1v) is 10.7. The molecule has 0 spiro atoms. The van der Waals surface area contributed by atoms with Gasteiger partial charge in [0.15, 0.2) is 0 Å². The molecule has 1 aromatic carbocycles. The minimum Gasteiger partial charge on any atom is -0.381 e. The topological polar surface area (TPSA) is 47.4 Å². The van der Waals surface area contributed by atoms with Crippen molar-refractivity contribution in [1.82, 2.24) is 14.5 Å². The lowest BCUT2D eigenvalue weighted by Gasteiger charge is -2.34. The lowest BCUT2D eigenvalue weighted by Crippen LogP contribution is -2.42. The zero-order chi connectivity index (χ0) is 20.2. The third-order valence-electron chi connectivity index (χ3n) is 6.23. The fraction of sp³-hybridized carbons (Fsp3) is 0.565. The predicted octanol–water partition coefficient (Wildman–Crippen LogP) is 3.71. The highest BCUT2D eigenvalue weighted by atomic mass is 19.1. The van der Waals surface area contributed by atoms with Crippen molar-refractivity contribution in [1.29, 1.82) is 0 Å². The van der Waals surface area contributed by atoms with E-state index >= 15 is 0 Å². The highest BCUT2D eigenvalue weighted by molar-refractivity contribution is 5.78. The van der Waals surface area contributed by atoms with Gasteiger partial charge in [-0.3, -0.25) is 4.79 Å². The summed E-state index contributed by atoms with van der Waals surface area (Å²) in [4.78, 5) is 19.5. The van der Waals surface area contributed by atoms with Gasteiger partial charge in [0.05, 0.1) is 6.42 Å². The predicted molar refractivity (Wildman–Crippen MR) is 109 cm³/mol. The highest BCUT2D eigenvalue weighted by Crippen LogP contribution is 2.28. The van der Waals surface area contributed by atoms with E-state index in [1.807, 2.05) is 17.2 Å². The molecule has 0 aliphatic carbocycles. The molecular weight excluding hydrogens is 369 g/mol. The number of imidazole rings is 1. The molecule has 2 aliphatic heterocycles. The van der Waals surface area contributed by atoms with Crippen LogP contribution < -0.4 is 0 Å². The Kier molecular flexibility index (Phi) is 6.28. The summed E-state index contributed by atoms with van der Waals surface area (Å²) in [6.45, 7) is 6.19. The average Bonchev–Trinajstić information content (AvgIpc) is 3.09. The Hall–Kier alpha value is -2.21. The van der Waals surface area contributed by atoms with Gasteiger partial charge in [-0.1, -0.05) is 12.1 Å². The molecule has 2 saturated heterocycles. The summed E-state index contributed by atoms with van der Waals surface area (Å²) in [5.41, 5.74) is 1.93. The number of aryl methyl sites for hydroxylation is 1. The Morgan fingerprint density at radius 3 is 2.90 bits per heavy atom. The van der Waals surface area contributed by atoms with Crippen LogP contribution in [-0.2, 0) is 22.5 Å². The summed E-state index contributed by atoms with van der Waals surface area (Å²) in [6.07, 6.45) is 6.43. The number of likely N-dealkylation sites (tertiary alicyclic amines) is 1. The number of rotatable bonds is 5. The quantitative estimate of drug-likeness (QED) is 0.770. The van der Waals surface area contributed by atoms with Crippen LogP contribution in [0.15, 0.2) is 30.5 Å². The second-order valence-electron chi connectivity index (χ2n) is 8.41. The first-order valence-electron chi connectivity index (χ1n) is 10.7. The number of amides is 1. The van der Waals surface area contributed by atoms with Crippen molar-refractivity contribution in [3.8, 4) is 0 Å². The lowest BCUT2D eigenvalue weighted by atomic mass is 9.95. The standard InChI is InChI=1S/C23H30FN3O2/c1-17-14-25-23(20-7-10-29-11-8-20)27(17)16-19-5-3-9-26(15-19)22(28)13-18-4-2-6-21(24)12-18/h2,4,6,12,14,19-20H,3,5,7-11,13,15-16H2,1H3. The van der Waals surface area contributed by atoms with Crippen molar-refractivity contribution < 1.29 is 13.9 Å². The molecule has 3 heterocycles. The number of piperidine rings is 1. The van der Waals surface area contributed by atoms with E-state index in [1.54, 1.807) is 6.07 Å². The van der Waals surface area contributed by atoms with Crippen LogP contribution >= 0.6 is 0 Å². The average molecular weight is 400 g/mol. The molecule has 29 heavy (non-hydrogen) atoms. The van der Waals surface area contributed by atoms with Crippen molar-refractivity contribution in [2.75, 3.05) is 26.3 Å². The van der Waals surface area contributed by atoms with Crippen molar-refractivity contribution >= 4 is 5.91 Å². The molecule has 1 aromatic heterocycles. The van der Waals surface area contributed by atoms with Crippen LogP contribution in [0.3, 0.4) is 0 Å². The van der Waals surface area contributed by atoms with Gasteiger partial charge in [0.2, 0.25) is 5.91 Å². The zero-order valence-electron chi connectivity index (χ0n) is 17.1. The molecule has 1 amide bonds. The fourth-order valence-corrected chi connectivity index (χ4v) is 4.63. The summed E-state index contributed by atoms with van der Waals surface area (Å²) in [5.74, 6) is 1.86. The van der Waals surface area contributed by atoms with Crippen molar-refractivity contribution in [3.63, 3.8) is 0 Å². The van der Waals surface area contributed by atoms with Crippen molar-refractivity contribution in [3.05, 3.63) is 53.4 Å². The SMILES string of the molecule is Cc1cnc(C2CCOCC2)n1CC1CCCN(C(=O)Cc2cccc(F)c2)C1. The summed E-state index contributed by atoms with van der Waals surface area (Å²) in [6, 6.07) is 6.34. The molecule has 0 radical (unpaired) electrons. The summed E-state index contributed by atoms with van der Waals surface area (Å²) in [7, 11) is 0. The third kappa shape index (κ3) is 4.86. The van der Waals surface area contributed by atoms with Gasteiger partial charge in [-0.05, 0) is 56.2 Å². The largest absolute Gasteiger partial charge is 0.381 e. The second kappa shape index (κ2) is 9.08. The van der Waals surface area contributed by atoms with Crippen LogP contribution in [0.5, 0.6) is 0 Å². The molecule has 1 atom stereocenters. The van der Waals surface area contributed by atoms with E-state index < -0.39 is 0 Å². The molecule has 2 aliphatic rings. The normalized spacial score (nSPS) is 20.8. The first kappa shape index (κ1) is 20.1. The molecule has 5 nitrogen and oxygen atoms in total. The molecule has 0 bridgehead atoms. The van der Waals surface area contributed by atoms with E-state index in [0.29, 0.717) is 11.8 Å². The van der Waals surface area contributed by atoms with E-state index in [2.05, 4.69) is 11.5 Å². The van der Waals surface area contributed by atoms with Gasteiger partial charge in [-0.15, -0.1) is 0 Å². The van der Waals surface area contributed by atoms with Gasteiger partial charge in [-0.2, -0.15) is 0 Å². The van der Waals surface area contributed by atoms with E-state index in [4.69, 9.17) is 9.72 Å². The Labute approximate surface area is 171 Å².